The molecule has 5 heteroatoms. The van der Waals surface area contributed by atoms with Gasteiger partial charge in [0.15, 0.2) is 5.69 Å². The van der Waals surface area contributed by atoms with Crippen molar-refractivity contribution in [2.45, 2.75) is 0 Å². The lowest BCUT2D eigenvalue weighted by Crippen LogP contribution is -1.99. The van der Waals surface area contributed by atoms with E-state index in [0.717, 1.165) is 21.4 Å². The highest BCUT2D eigenvalue weighted by Gasteiger charge is 2.11. The number of nitrogens with zero attached hydrogens (tertiary/aromatic N) is 4. The number of nitriles is 1. The first kappa shape index (κ1) is 12.6. The van der Waals surface area contributed by atoms with Crippen LogP contribution in [0.15, 0.2) is 59.3 Å². The van der Waals surface area contributed by atoms with E-state index in [1.54, 1.807) is 23.1 Å². The summed E-state index contributed by atoms with van der Waals surface area (Å²) in [7, 11) is 0. The largest absolute Gasteiger partial charge is 0.265 e. The van der Waals surface area contributed by atoms with E-state index in [-0.39, 0.29) is 0 Å². The fourth-order valence-corrected chi connectivity index (χ4v) is 2.21. The van der Waals surface area contributed by atoms with E-state index in [2.05, 4.69) is 32.1 Å². The molecule has 2 aromatic heterocycles. The molecule has 4 nitrogen and oxygen atoms in total. The van der Waals surface area contributed by atoms with Crippen molar-refractivity contribution >= 4 is 15.9 Å². The number of hydrogen-bond donors (Lipinski definition) is 0. The minimum Gasteiger partial charge on any atom is -0.265 e. The van der Waals surface area contributed by atoms with Crippen molar-refractivity contribution in [1.29, 1.82) is 5.26 Å². The Morgan fingerprint density at radius 1 is 1.05 bits per heavy atom. The second-order valence-electron chi connectivity index (χ2n) is 4.15. The van der Waals surface area contributed by atoms with Crippen molar-refractivity contribution in [2.24, 2.45) is 0 Å². The van der Waals surface area contributed by atoms with E-state index in [1.807, 2.05) is 36.4 Å². The van der Waals surface area contributed by atoms with Crippen LogP contribution in [0.5, 0.6) is 0 Å². The van der Waals surface area contributed by atoms with Gasteiger partial charge in [-0.05, 0) is 36.4 Å². The summed E-state index contributed by atoms with van der Waals surface area (Å²) < 4.78 is 2.76. The first-order valence-electron chi connectivity index (χ1n) is 5.94. The molecule has 0 unspecified atom stereocenters. The van der Waals surface area contributed by atoms with E-state index in [4.69, 9.17) is 5.26 Å². The van der Waals surface area contributed by atoms with Crippen molar-refractivity contribution in [3.8, 4) is 23.0 Å². The quantitative estimate of drug-likeness (QED) is 0.724. The van der Waals surface area contributed by atoms with E-state index in [9.17, 15) is 0 Å². The molecule has 2 heterocycles. The van der Waals surface area contributed by atoms with Gasteiger partial charge in [0, 0.05) is 28.5 Å². The van der Waals surface area contributed by atoms with E-state index < -0.39 is 0 Å². The highest BCUT2D eigenvalue weighted by Crippen LogP contribution is 2.24. The van der Waals surface area contributed by atoms with Crippen LogP contribution in [0.2, 0.25) is 0 Å². The van der Waals surface area contributed by atoms with Crippen LogP contribution in [0.1, 0.15) is 5.69 Å². The Morgan fingerprint density at radius 3 is 2.40 bits per heavy atom. The molecule has 0 amide bonds. The van der Waals surface area contributed by atoms with Gasteiger partial charge in [0.1, 0.15) is 6.07 Å². The van der Waals surface area contributed by atoms with Gasteiger partial charge in [-0.3, -0.25) is 4.98 Å². The Bertz CT molecular complexity index is 770. The zero-order valence-corrected chi connectivity index (χ0v) is 11.9. The Balaban J connectivity index is 2.18. The minimum atomic E-state index is 0.389. The number of benzene rings is 1. The van der Waals surface area contributed by atoms with Crippen LogP contribution in [0.4, 0.5) is 0 Å². The maximum absolute atomic E-state index is 9.07. The van der Waals surface area contributed by atoms with Gasteiger partial charge >= 0.3 is 0 Å². The summed E-state index contributed by atoms with van der Waals surface area (Å²) in [5.74, 6) is 0. The summed E-state index contributed by atoms with van der Waals surface area (Å²) in [6.45, 7) is 0. The van der Waals surface area contributed by atoms with Gasteiger partial charge in [-0.2, -0.15) is 10.4 Å². The molecule has 0 saturated heterocycles. The number of pyridine rings is 1. The number of halogens is 1. The maximum Gasteiger partial charge on any atom is 0.163 e. The second kappa shape index (κ2) is 5.27. The lowest BCUT2D eigenvalue weighted by molar-refractivity contribution is 0.880. The minimum absolute atomic E-state index is 0.389. The summed E-state index contributed by atoms with van der Waals surface area (Å²) in [6.07, 6.45) is 3.45. The topological polar surface area (TPSA) is 54.5 Å². The van der Waals surface area contributed by atoms with Gasteiger partial charge in [0.2, 0.25) is 0 Å². The van der Waals surface area contributed by atoms with Crippen LogP contribution < -0.4 is 0 Å². The molecule has 0 aliphatic rings. The molecule has 0 atom stereocenters. The summed E-state index contributed by atoms with van der Waals surface area (Å²) >= 11 is 3.41. The molecule has 0 N–H and O–H groups in total. The molecule has 20 heavy (non-hydrogen) atoms. The standard InChI is InChI=1S/C15H9BrN4/c16-12-1-3-14(4-2-12)20-15(9-13(10-17)19-20)11-5-7-18-8-6-11/h1-9H. The summed E-state index contributed by atoms with van der Waals surface area (Å²) in [4.78, 5) is 4.01. The fourth-order valence-electron chi connectivity index (χ4n) is 1.94. The molecular weight excluding hydrogens is 316 g/mol. The van der Waals surface area contributed by atoms with Crippen molar-refractivity contribution < 1.29 is 0 Å². The SMILES string of the molecule is N#Cc1cc(-c2ccncc2)n(-c2ccc(Br)cc2)n1. The van der Waals surface area contributed by atoms with Gasteiger partial charge in [-0.15, -0.1) is 0 Å². The smallest absolute Gasteiger partial charge is 0.163 e. The average Bonchev–Trinajstić information content (AvgIpc) is 2.93. The molecule has 0 bridgehead atoms. The molecule has 3 rings (SSSR count). The molecular formula is C15H9BrN4. The molecule has 1 aromatic carbocycles. The zero-order chi connectivity index (χ0) is 13.9. The van der Waals surface area contributed by atoms with Crippen LogP contribution in [-0.2, 0) is 0 Å². The summed E-state index contributed by atoms with van der Waals surface area (Å²) in [6, 6.07) is 15.4. The maximum atomic E-state index is 9.07. The third-order valence-electron chi connectivity index (χ3n) is 2.87. The van der Waals surface area contributed by atoms with Crippen molar-refractivity contribution in [2.75, 3.05) is 0 Å². The molecule has 0 saturated carbocycles. The van der Waals surface area contributed by atoms with Gasteiger partial charge in [-0.1, -0.05) is 15.9 Å². The predicted molar refractivity (Wildman–Crippen MR) is 79.2 cm³/mol. The average molecular weight is 325 g/mol. The van der Waals surface area contributed by atoms with Crippen LogP contribution in [0.25, 0.3) is 16.9 Å². The molecule has 0 spiro atoms. The fraction of sp³-hybridized carbons (Fsp3) is 0. The predicted octanol–water partition coefficient (Wildman–Crippen LogP) is 3.57. The lowest BCUT2D eigenvalue weighted by atomic mass is 10.2. The summed E-state index contributed by atoms with van der Waals surface area (Å²) in [5, 5.41) is 13.4. The van der Waals surface area contributed by atoms with Crippen molar-refractivity contribution in [3.05, 3.63) is 65.0 Å². The van der Waals surface area contributed by atoms with Crippen molar-refractivity contribution in [3.63, 3.8) is 0 Å². The van der Waals surface area contributed by atoms with Crippen molar-refractivity contribution in [1.82, 2.24) is 14.8 Å². The molecule has 0 aliphatic heterocycles. The third-order valence-corrected chi connectivity index (χ3v) is 3.40. The molecule has 0 aliphatic carbocycles. The molecule has 0 fully saturated rings. The first-order valence-corrected chi connectivity index (χ1v) is 6.74. The van der Waals surface area contributed by atoms with Gasteiger partial charge in [0.25, 0.3) is 0 Å². The number of aromatic nitrogens is 3. The van der Waals surface area contributed by atoms with Gasteiger partial charge in [0.05, 0.1) is 11.4 Å². The normalized spacial score (nSPS) is 10.2. The third kappa shape index (κ3) is 2.33. The van der Waals surface area contributed by atoms with E-state index in [1.165, 1.54) is 0 Å². The summed E-state index contributed by atoms with van der Waals surface area (Å²) in [5.41, 5.74) is 3.13. The Morgan fingerprint density at radius 2 is 1.75 bits per heavy atom. The monoisotopic (exact) mass is 324 g/mol. The lowest BCUT2D eigenvalue weighted by Gasteiger charge is -2.07. The highest BCUT2D eigenvalue weighted by atomic mass is 79.9. The van der Waals surface area contributed by atoms with Crippen LogP contribution in [-0.4, -0.2) is 14.8 Å². The number of rotatable bonds is 2. The second-order valence-corrected chi connectivity index (χ2v) is 5.07. The Hall–Kier alpha value is -2.45. The van der Waals surface area contributed by atoms with Crippen LogP contribution in [0.3, 0.4) is 0 Å². The number of hydrogen-bond acceptors (Lipinski definition) is 3. The Kier molecular flexibility index (Phi) is 3.32. The highest BCUT2D eigenvalue weighted by molar-refractivity contribution is 9.10. The Labute approximate surface area is 124 Å². The van der Waals surface area contributed by atoms with Gasteiger partial charge in [-0.25, -0.2) is 4.68 Å². The van der Waals surface area contributed by atoms with Gasteiger partial charge < -0.3 is 0 Å². The molecule has 3 aromatic rings. The van der Waals surface area contributed by atoms with Crippen LogP contribution in [0, 0.1) is 11.3 Å². The van der Waals surface area contributed by atoms with Crippen LogP contribution >= 0.6 is 15.9 Å². The van der Waals surface area contributed by atoms with E-state index >= 15 is 0 Å². The first-order chi connectivity index (χ1) is 9.78. The molecule has 96 valence electrons. The van der Waals surface area contributed by atoms with E-state index in [0.29, 0.717) is 5.69 Å². The zero-order valence-electron chi connectivity index (χ0n) is 10.4. The molecule has 0 radical (unpaired) electrons.